The number of rotatable bonds is 5. The first-order valence-corrected chi connectivity index (χ1v) is 7.52. The molecule has 2 N–H and O–H groups in total. The van der Waals surface area contributed by atoms with Crippen molar-refractivity contribution >= 4 is 11.5 Å². The van der Waals surface area contributed by atoms with E-state index < -0.39 is 0 Å². The molecule has 0 amide bonds. The normalized spacial score (nSPS) is 11.6. The fraction of sp³-hybridized carbons (Fsp3) is 0.0556. The zero-order chi connectivity index (χ0) is 17.5. The molecule has 0 spiro atoms. The quantitative estimate of drug-likeness (QED) is 0.334. The highest BCUT2D eigenvalue weighted by Crippen LogP contribution is 2.24. The van der Waals surface area contributed by atoms with E-state index in [0.29, 0.717) is 17.3 Å². The second-order valence-corrected chi connectivity index (χ2v) is 5.03. The van der Waals surface area contributed by atoms with Crippen LogP contribution in [-0.4, -0.2) is 22.9 Å². The van der Waals surface area contributed by atoms with E-state index in [2.05, 4.69) is 25.4 Å². The van der Waals surface area contributed by atoms with Gasteiger partial charge >= 0.3 is 0 Å². The lowest BCUT2D eigenvalue weighted by molar-refractivity contribution is 0.398. The Morgan fingerprint density at radius 3 is 2.64 bits per heavy atom. The lowest BCUT2D eigenvalue weighted by Gasteiger charge is -2.03. The summed E-state index contributed by atoms with van der Waals surface area (Å²) >= 11 is 0. The maximum atomic E-state index is 5.82. The molecule has 3 rings (SSSR count). The van der Waals surface area contributed by atoms with Gasteiger partial charge in [0.2, 0.25) is 5.88 Å². The molecule has 0 bridgehead atoms. The van der Waals surface area contributed by atoms with Crippen LogP contribution < -0.4 is 10.5 Å². The molecule has 1 aromatic carbocycles. The number of benzene rings is 1. The highest BCUT2D eigenvalue weighted by Gasteiger charge is 2.01. The van der Waals surface area contributed by atoms with Gasteiger partial charge in [-0.15, -0.1) is 10.2 Å². The van der Waals surface area contributed by atoms with E-state index in [9.17, 15) is 0 Å². The minimum atomic E-state index is 0.208. The maximum absolute atomic E-state index is 5.82. The van der Waals surface area contributed by atoms with Gasteiger partial charge in [0.15, 0.2) is 5.84 Å². The van der Waals surface area contributed by atoms with E-state index in [1.807, 2.05) is 36.4 Å². The number of aromatic nitrogens is 2. The van der Waals surface area contributed by atoms with Crippen LogP contribution in [0.25, 0.3) is 11.1 Å². The van der Waals surface area contributed by atoms with Crippen molar-refractivity contribution in [1.82, 2.24) is 9.97 Å². The molecule has 124 valence electrons. The molecule has 0 unspecified atom stereocenters. The topological polar surface area (TPSA) is 98.1 Å². The van der Waals surface area contributed by atoms with Crippen molar-refractivity contribution in [2.75, 3.05) is 7.11 Å². The molecule has 0 aliphatic heterocycles. The Hall–Kier alpha value is -3.61. The van der Waals surface area contributed by atoms with Crippen LogP contribution in [0.15, 0.2) is 82.4 Å². The van der Waals surface area contributed by atoms with E-state index in [-0.39, 0.29) is 5.84 Å². The highest BCUT2D eigenvalue weighted by atomic mass is 16.5. The summed E-state index contributed by atoms with van der Waals surface area (Å²) in [5, 5.41) is 11.7. The zero-order valence-corrected chi connectivity index (χ0v) is 13.6. The third kappa shape index (κ3) is 4.23. The van der Waals surface area contributed by atoms with Crippen LogP contribution in [0.1, 0.15) is 5.69 Å². The zero-order valence-electron chi connectivity index (χ0n) is 13.6. The number of hydrogen-bond acceptors (Lipinski definition) is 5. The van der Waals surface area contributed by atoms with Crippen molar-refractivity contribution in [3.63, 3.8) is 0 Å². The Bertz CT molecular complexity index is 891. The fourth-order valence-corrected chi connectivity index (χ4v) is 2.11. The van der Waals surface area contributed by atoms with Crippen LogP contribution in [-0.2, 0) is 0 Å². The Morgan fingerprint density at radius 2 is 1.92 bits per heavy atom. The second kappa shape index (κ2) is 7.78. The molecule has 0 aliphatic rings. The summed E-state index contributed by atoms with van der Waals surface area (Å²) in [4.78, 5) is 8.30. The first kappa shape index (κ1) is 16.3. The van der Waals surface area contributed by atoms with Gasteiger partial charge in [-0.05, 0) is 41.1 Å². The van der Waals surface area contributed by atoms with Crippen LogP contribution in [0.5, 0.6) is 5.88 Å². The summed E-state index contributed by atoms with van der Waals surface area (Å²) in [6.45, 7) is 0. The number of amidine groups is 1. The first-order valence-electron chi connectivity index (χ1n) is 7.52. The molecule has 7 nitrogen and oxygen atoms in total. The van der Waals surface area contributed by atoms with Crippen molar-refractivity contribution < 1.29 is 4.74 Å². The molecule has 25 heavy (non-hydrogen) atoms. The minimum absolute atomic E-state index is 0.208. The Balaban J connectivity index is 1.77. The summed E-state index contributed by atoms with van der Waals surface area (Å²) in [5.41, 5.74) is 8.95. The SMILES string of the molecule is COc1ccc(-c2cccc(N=N/N=C(\N)c3ccccn3)c2)cn1. The Labute approximate surface area is 144 Å². The average Bonchev–Trinajstić information content (AvgIpc) is 2.69. The monoisotopic (exact) mass is 332 g/mol. The van der Waals surface area contributed by atoms with Gasteiger partial charge in [0.05, 0.1) is 12.8 Å². The van der Waals surface area contributed by atoms with Gasteiger partial charge in [-0.1, -0.05) is 18.2 Å². The predicted octanol–water partition coefficient (Wildman–Crippen LogP) is 3.56. The smallest absolute Gasteiger partial charge is 0.212 e. The summed E-state index contributed by atoms with van der Waals surface area (Å²) in [5.74, 6) is 0.777. The fourth-order valence-electron chi connectivity index (χ4n) is 2.11. The van der Waals surface area contributed by atoms with Gasteiger partial charge in [0.1, 0.15) is 5.69 Å². The molecular weight excluding hydrogens is 316 g/mol. The van der Waals surface area contributed by atoms with Crippen molar-refractivity contribution in [2.45, 2.75) is 0 Å². The highest BCUT2D eigenvalue weighted by molar-refractivity contribution is 5.95. The van der Waals surface area contributed by atoms with Crippen LogP contribution >= 0.6 is 0 Å². The standard InChI is InChI=1S/C18H16N6O/c1-25-17-9-8-14(12-21-17)13-5-4-6-15(11-13)22-24-23-18(19)16-7-2-3-10-20-16/h2-12H,1H3,(H2,19,22,23). The molecule has 0 aliphatic carbocycles. The molecule has 0 atom stereocenters. The minimum Gasteiger partial charge on any atom is -0.481 e. The van der Waals surface area contributed by atoms with Crippen molar-refractivity contribution in [2.24, 2.45) is 21.2 Å². The van der Waals surface area contributed by atoms with E-state index >= 15 is 0 Å². The number of nitrogens with two attached hydrogens (primary N) is 1. The second-order valence-electron chi connectivity index (χ2n) is 5.03. The molecule has 2 heterocycles. The first-order chi connectivity index (χ1) is 12.3. The van der Waals surface area contributed by atoms with E-state index in [4.69, 9.17) is 10.5 Å². The van der Waals surface area contributed by atoms with Gasteiger partial charge in [0, 0.05) is 24.0 Å². The summed E-state index contributed by atoms with van der Waals surface area (Å²) < 4.78 is 5.06. The molecule has 0 saturated carbocycles. The van der Waals surface area contributed by atoms with Crippen molar-refractivity contribution in [1.29, 1.82) is 0 Å². The largest absolute Gasteiger partial charge is 0.481 e. The van der Waals surface area contributed by atoms with Crippen LogP contribution in [0, 0.1) is 0 Å². The number of methoxy groups -OCH3 is 1. The molecule has 0 saturated heterocycles. The third-order valence-electron chi connectivity index (χ3n) is 3.36. The molecule has 0 radical (unpaired) electrons. The summed E-state index contributed by atoms with van der Waals surface area (Å²) in [6.07, 6.45) is 3.38. The molecule has 2 aromatic heterocycles. The average molecular weight is 332 g/mol. The van der Waals surface area contributed by atoms with Gasteiger partial charge < -0.3 is 10.5 Å². The van der Waals surface area contributed by atoms with E-state index in [1.165, 1.54) is 0 Å². The number of hydrogen-bond donors (Lipinski definition) is 1. The molecule has 0 fully saturated rings. The Kier molecular flexibility index (Phi) is 5.06. The third-order valence-corrected chi connectivity index (χ3v) is 3.36. The summed E-state index contributed by atoms with van der Waals surface area (Å²) in [7, 11) is 1.58. The Morgan fingerprint density at radius 1 is 1.00 bits per heavy atom. The van der Waals surface area contributed by atoms with E-state index in [0.717, 1.165) is 11.1 Å². The summed E-state index contributed by atoms with van der Waals surface area (Å²) in [6, 6.07) is 16.7. The molecule has 7 heteroatoms. The predicted molar refractivity (Wildman–Crippen MR) is 95.7 cm³/mol. The van der Waals surface area contributed by atoms with Crippen molar-refractivity contribution in [3.8, 4) is 17.0 Å². The lowest BCUT2D eigenvalue weighted by Crippen LogP contribution is -2.13. The van der Waals surface area contributed by atoms with Crippen LogP contribution in [0.2, 0.25) is 0 Å². The van der Waals surface area contributed by atoms with Gasteiger partial charge in [-0.2, -0.15) is 0 Å². The number of ether oxygens (including phenoxy) is 1. The van der Waals surface area contributed by atoms with E-state index in [1.54, 1.807) is 37.7 Å². The number of nitrogens with zero attached hydrogens (tertiary/aromatic N) is 5. The maximum Gasteiger partial charge on any atom is 0.212 e. The van der Waals surface area contributed by atoms with Gasteiger partial charge in [0.25, 0.3) is 0 Å². The van der Waals surface area contributed by atoms with Crippen molar-refractivity contribution in [3.05, 3.63) is 72.7 Å². The number of pyridine rings is 2. The lowest BCUT2D eigenvalue weighted by atomic mass is 10.1. The van der Waals surface area contributed by atoms with Crippen LogP contribution in [0.4, 0.5) is 5.69 Å². The van der Waals surface area contributed by atoms with Crippen LogP contribution in [0.3, 0.4) is 0 Å². The van der Waals surface area contributed by atoms with Gasteiger partial charge in [-0.3, -0.25) is 4.98 Å². The molecule has 3 aromatic rings. The van der Waals surface area contributed by atoms with Gasteiger partial charge in [-0.25, -0.2) is 4.98 Å². The molecular formula is C18H16N6O.